The lowest BCUT2D eigenvalue weighted by Crippen LogP contribution is -2.24. The van der Waals surface area contributed by atoms with Gasteiger partial charge in [-0.1, -0.05) is 13.3 Å². The molecule has 1 fully saturated rings. The van der Waals surface area contributed by atoms with Crippen LogP contribution in [0.15, 0.2) is 0 Å². The molecule has 0 aliphatic heterocycles. The second kappa shape index (κ2) is 3.28. The summed E-state index contributed by atoms with van der Waals surface area (Å²) in [6, 6.07) is 0.388. The number of rotatable bonds is 4. The highest BCUT2D eigenvalue weighted by molar-refractivity contribution is 4.91. The van der Waals surface area contributed by atoms with Gasteiger partial charge in [-0.2, -0.15) is 0 Å². The molecular weight excluding hydrogens is 136 g/mol. The SMILES string of the molecule is CCC1CC1NCC(F)F. The predicted octanol–water partition coefficient (Wildman–Crippen LogP) is 1.64. The molecule has 0 spiro atoms. The summed E-state index contributed by atoms with van der Waals surface area (Å²) in [5.41, 5.74) is 0. The summed E-state index contributed by atoms with van der Waals surface area (Å²) in [5, 5.41) is 2.81. The minimum absolute atomic E-state index is 0.138. The van der Waals surface area contributed by atoms with Crippen LogP contribution in [0.1, 0.15) is 19.8 Å². The molecule has 2 atom stereocenters. The summed E-state index contributed by atoms with van der Waals surface area (Å²) in [6.07, 6.45) is 0.00234. The molecule has 0 amide bonds. The van der Waals surface area contributed by atoms with E-state index in [-0.39, 0.29) is 6.54 Å². The Morgan fingerprint density at radius 1 is 1.60 bits per heavy atom. The van der Waals surface area contributed by atoms with E-state index >= 15 is 0 Å². The van der Waals surface area contributed by atoms with E-state index in [1.807, 2.05) is 0 Å². The van der Waals surface area contributed by atoms with Gasteiger partial charge in [0.2, 0.25) is 0 Å². The van der Waals surface area contributed by atoms with Gasteiger partial charge in [0.05, 0.1) is 6.54 Å². The van der Waals surface area contributed by atoms with E-state index in [1.165, 1.54) is 0 Å². The lowest BCUT2D eigenvalue weighted by molar-refractivity contribution is 0.145. The third-order valence-electron chi connectivity index (χ3n) is 1.98. The van der Waals surface area contributed by atoms with Crippen molar-refractivity contribution in [3.05, 3.63) is 0 Å². The van der Waals surface area contributed by atoms with Crippen molar-refractivity contribution in [2.24, 2.45) is 5.92 Å². The summed E-state index contributed by atoms with van der Waals surface area (Å²) in [5.74, 6) is 0.666. The monoisotopic (exact) mass is 149 g/mol. The summed E-state index contributed by atoms with van der Waals surface area (Å²) in [7, 11) is 0. The lowest BCUT2D eigenvalue weighted by Gasteiger charge is -2.00. The standard InChI is InChI=1S/C7H13F2N/c1-2-5-3-6(5)10-4-7(8)9/h5-7,10H,2-4H2,1H3. The summed E-state index contributed by atoms with van der Waals surface area (Å²) < 4.78 is 23.2. The smallest absolute Gasteiger partial charge is 0.250 e. The molecule has 60 valence electrons. The minimum Gasteiger partial charge on any atom is -0.308 e. The van der Waals surface area contributed by atoms with Crippen LogP contribution in [0, 0.1) is 5.92 Å². The second-order valence-electron chi connectivity index (χ2n) is 2.81. The molecule has 1 aliphatic carbocycles. The zero-order chi connectivity index (χ0) is 7.56. The molecule has 0 aromatic rings. The highest BCUT2D eigenvalue weighted by Crippen LogP contribution is 2.32. The van der Waals surface area contributed by atoms with Crippen LogP contribution < -0.4 is 5.32 Å². The number of halogens is 2. The highest BCUT2D eigenvalue weighted by atomic mass is 19.3. The van der Waals surface area contributed by atoms with Crippen LogP contribution >= 0.6 is 0 Å². The van der Waals surface area contributed by atoms with Crippen LogP contribution in [-0.2, 0) is 0 Å². The Balaban J connectivity index is 1.96. The van der Waals surface area contributed by atoms with E-state index in [1.54, 1.807) is 0 Å². The van der Waals surface area contributed by atoms with E-state index in [9.17, 15) is 8.78 Å². The zero-order valence-electron chi connectivity index (χ0n) is 6.11. The van der Waals surface area contributed by atoms with Crippen LogP contribution in [0.2, 0.25) is 0 Å². The molecule has 1 rings (SSSR count). The van der Waals surface area contributed by atoms with Gasteiger partial charge < -0.3 is 5.32 Å². The molecule has 2 unspecified atom stereocenters. The van der Waals surface area contributed by atoms with Crippen molar-refractivity contribution >= 4 is 0 Å². The fraction of sp³-hybridized carbons (Fsp3) is 1.00. The maximum absolute atomic E-state index is 11.6. The zero-order valence-corrected chi connectivity index (χ0v) is 6.11. The Bertz CT molecular complexity index is 106. The van der Waals surface area contributed by atoms with Crippen molar-refractivity contribution in [2.45, 2.75) is 32.2 Å². The first kappa shape index (κ1) is 7.92. The molecule has 0 bridgehead atoms. The summed E-state index contributed by atoms with van der Waals surface area (Å²) in [6.45, 7) is 1.95. The number of nitrogens with one attached hydrogen (secondary N) is 1. The Morgan fingerprint density at radius 3 is 2.70 bits per heavy atom. The number of hydrogen-bond donors (Lipinski definition) is 1. The van der Waals surface area contributed by atoms with E-state index in [0.29, 0.717) is 12.0 Å². The number of hydrogen-bond acceptors (Lipinski definition) is 1. The average Bonchev–Trinajstić information content (AvgIpc) is 2.61. The van der Waals surface area contributed by atoms with Crippen LogP contribution in [0.3, 0.4) is 0 Å². The Kier molecular flexibility index (Phi) is 2.60. The van der Waals surface area contributed by atoms with E-state index in [4.69, 9.17) is 0 Å². The fourth-order valence-corrected chi connectivity index (χ4v) is 1.19. The van der Waals surface area contributed by atoms with Crippen molar-refractivity contribution in [2.75, 3.05) is 6.54 Å². The largest absolute Gasteiger partial charge is 0.308 e. The van der Waals surface area contributed by atoms with Gasteiger partial charge in [0, 0.05) is 6.04 Å². The normalized spacial score (nSPS) is 31.2. The average molecular weight is 149 g/mol. The maximum atomic E-state index is 11.6. The fourth-order valence-electron chi connectivity index (χ4n) is 1.19. The van der Waals surface area contributed by atoms with Crippen molar-refractivity contribution in [3.8, 4) is 0 Å². The van der Waals surface area contributed by atoms with Crippen LogP contribution in [0.5, 0.6) is 0 Å². The van der Waals surface area contributed by atoms with Crippen molar-refractivity contribution in [1.82, 2.24) is 5.32 Å². The van der Waals surface area contributed by atoms with Gasteiger partial charge >= 0.3 is 0 Å². The van der Waals surface area contributed by atoms with Gasteiger partial charge in [-0.25, -0.2) is 8.78 Å². The first-order valence-electron chi connectivity index (χ1n) is 3.75. The van der Waals surface area contributed by atoms with Gasteiger partial charge in [0.15, 0.2) is 0 Å². The molecule has 0 aromatic heterocycles. The topological polar surface area (TPSA) is 12.0 Å². The molecule has 1 nitrogen and oxygen atoms in total. The maximum Gasteiger partial charge on any atom is 0.250 e. The van der Waals surface area contributed by atoms with Gasteiger partial charge in [-0.05, 0) is 12.3 Å². The Morgan fingerprint density at radius 2 is 2.30 bits per heavy atom. The molecule has 0 radical (unpaired) electrons. The second-order valence-corrected chi connectivity index (χ2v) is 2.81. The first-order valence-corrected chi connectivity index (χ1v) is 3.75. The summed E-state index contributed by atoms with van der Waals surface area (Å²) >= 11 is 0. The summed E-state index contributed by atoms with van der Waals surface area (Å²) in [4.78, 5) is 0. The molecule has 0 heterocycles. The van der Waals surface area contributed by atoms with E-state index in [2.05, 4.69) is 12.2 Å². The molecule has 0 saturated heterocycles. The van der Waals surface area contributed by atoms with Crippen molar-refractivity contribution < 1.29 is 8.78 Å². The third-order valence-corrected chi connectivity index (χ3v) is 1.98. The van der Waals surface area contributed by atoms with E-state index in [0.717, 1.165) is 12.8 Å². The van der Waals surface area contributed by atoms with E-state index < -0.39 is 6.43 Å². The number of alkyl halides is 2. The molecule has 3 heteroatoms. The first-order chi connectivity index (χ1) is 4.74. The molecule has 1 aliphatic rings. The van der Waals surface area contributed by atoms with Crippen LogP contribution in [0.4, 0.5) is 8.78 Å². The van der Waals surface area contributed by atoms with Gasteiger partial charge in [-0.15, -0.1) is 0 Å². The van der Waals surface area contributed by atoms with Gasteiger partial charge in [0.1, 0.15) is 0 Å². The molecule has 10 heavy (non-hydrogen) atoms. The Hall–Kier alpha value is -0.180. The molecule has 0 aromatic carbocycles. The predicted molar refractivity (Wildman–Crippen MR) is 36.2 cm³/mol. The lowest BCUT2D eigenvalue weighted by atomic mass is 10.3. The Labute approximate surface area is 59.8 Å². The van der Waals surface area contributed by atoms with Crippen LogP contribution in [-0.4, -0.2) is 19.0 Å². The van der Waals surface area contributed by atoms with Crippen molar-refractivity contribution in [3.63, 3.8) is 0 Å². The molecule has 1 saturated carbocycles. The molecule has 1 N–H and O–H groups in total. The minimum atomic E-state index is -2.20. The van der Waals surface area contributed by atoms with Gasteiger partial charge in [0.25, 0.3) is 6.43 Å². The van der Waals surface area contributed by atoms with Crippen molar-refractivity contribution in [1.29, 1.82) is 0 Å². The highest BCUT2D eigenvalue weighted by Gasteiger charge is 2.34. The quantitative estimate of drug-likeness (QED) is 0.640. The third kappa shape index (κ3) is 2.21. The van der Waals surface area contributed by atoms with Gasteiger partial charge in [-0.3, -0.25) is 0 Å². The van der Waals surface area contributed by atoms with Crippen LogP contribution in [0.25, 0.3) is 0 Å². The molecular formula is C7H13F2N.